The number of anilines is 2. The lowest BCUT2D eigenvalue weighted by Gasteiger charge is -2.24. The van der Waals surface area contributed by atoms with Crippen LogP contribution in [-0.2, 0) is 14.3 Å². The Bertz CT molecular complexity index is 911. The van der Waals surface area contributed by atoms with E-state index in [1.807, 2.05) is 0 Å². The maximum absolute atomic E-state index is 12.5. The van der Waals surface area contributed by atoms with Gasteiger partial charge in [-0.05, 0) is 30.3 Å². The minimum Gasteiger partial charge on any atom is -0.486 e. The maximum Gasteiger partial charge on any atom is 0.337 e. The second kappa shape index (κ2) is 8.43. The smallest absolute Gasteiger partial charge is 0.337 e. The van der Waals surface area contributed by atoms with Crippen LogP contribution in [0.1, 0.15) is 17.3 Å². The van der Waals surface area contributed by atoms with Crippen LogP contribution in [0.3, 0.4) is 0 Å². The quantitative estimate of drug-likeness (QED) is 0.795. The molecule has 0 saturated heterocycles. The average molecular weight is 384 g/mol. The summed E-state index contributed by atoms with van der Waals surface area (Å²) in [6, 6.07) is 11.4. The van der Waals surface area contributed by atoms with Crippen molar-refractivity contribution in [2.45, 2.75) is 6.92 Å². The number of fused-ring (bicyclic) bond motifs is 1. The molecule has 0 fully saturated rings. The molecular formula is C20H20N2O6. The van der Waals surface area contributed by atoms with Gasteiger partial charge in [0, 0.05) is 24.4 Å². The fraction of sp³-hybridized carbons (Fsp3) is 0.250. The van der Waals surface area contributed by atoms with Crippen LogP contribution in [0.5, 0.6) is 11.5 Å². The molecule has 0 aliphatic carbocycles. The average Bonchev–Trinajstić information content (AvgIpc) is 2.71. The molecule has 0 atom stereocenters. The number of hydrogen-bond acceptors (Lipinski definition) is 6. The molecule has 0 unspecified atom stereocenters. The molecule has 8 heteroatoms. The van der Waals surface area contributed by atoms with E-state index in [9.17, 15) is 14.4 Å². The normalized spacial score (nSPS) is 12.1. The Morgan fingerprint density at radius 1 is 1.07 bits per heavy atom. The lowest BCUT2D eigenvalue weighted by molar-refractivity contribution is -0.120. The molecule has 2 aromatic carbocycles. The second-order valence-corrected chi connectivity index (χ2v) is 6.05. The lowest BCUT2D eigenvalue weighted by atomic mass is 10.2. The molecule has 0 bridgehead atoms. The topological polar surface area (TPSA) is 94.2 Å². The van der Waals surface area contributed by atoms with E-state index in [4.69, 9.17) is 9.47 Å². The predicted molar refractivity (Wildman–Crippen MR) is 102 cm³/mol. The van der Waals surface area contributed by atoms with E-state index < -0.39 is 11.9 Å². The van der Waals surface area contributed by atoms with Crippen molar-refractivity contribution >= 4 is 29.2 Å². The highest BCUT2D eigenvalue weighted by Crippen LogP contribution is 2.34. The Hall–Kier alpha value is -3.55. The summed E-state index contributed by atoms with van der Waals surface area (Å²) < 4.78 is 15.7. The number of hydrogen-bond donors (Lipinski definition) is 1. The summed E-state index contributed by atoms with van der Waals surface area (Å²) in [7, 11) is 1.28. The summed E-state index contributed by atoms with van der Waals surface area (Å²) >= 11 is 0. The van der Waals surface area contributed by atoms with Crippen LogP contribution in [0.25, 0.3) is 0 Å². The molecule has 8 nitrogen and oxygen atoms in total. The summed E-state index contributed by atoms with van der Waals surface area (Å²) in [6.07, 6.45) is 0. The van der Waals surface area contributed by atoms with Crippen LogP contribution < -0.4 is 19.7 Å². The number of nitrogens with zero attached hydrogens (tertiary/aromatic N) is 1. The van der Waals surface area contributed by atoms with Crippen molar-refractivity contribution in [3.05, 3.63) is 48.0 Å². The van der Waals surface area contributed by atoms with Gasteiger partial charge in [-0.15, -0.1) is 0 Å². The van der Waals surface area contributed by atoms with Crippen LogP contribution in [0.2, 0.25) is 0 Å². The van der Waals surface area contributed by atoms with Gasteiger partial charge in [0.15, 0.2) is 11.5 Å². The van der Waals surface area contributed by atoms with E-state index in [1.165, 1.54) is 25.0 Å². The van der Waals surface area contributed by atoms with E-state index >= 15 is 0 Å². The standard InChI is InChI=1S/C20H20N2O6/c1-13(23)22(16-6-7-17-18(11-16)28-9-8-27-17)12-19(24)21-15-5-3-4-14(10-15)20(25)26-2/h3-7,10-11H,8-9,12H2,1-2H3,(H,21,24). The number of nitrogens with one attached hydrogen (secondary N) is 1. The van der Waals surface area contributed by atoms with Crippen molar-refractivity contribution in [2.24, 2.45) is 0 Å². The first kappa shape index (κ1) is 19.2. The first-order valence-corrected chi connectivity index (χ1v) is 8.64. The van der Waals surface area contributed by atoms with Gasteiger partial charge in [0.25, 0.3) is 0 Å². The van der Waals surface area contributed by atoms with Gasteiger partial charge in [0.2, 0.25) is 11.8 Å². The summed E-state index contributed by atoms with van der Waals surface area (Å²) in [4.78, 5) is 37.5. The largest absolute Gasteiger partial charge is 0.486 e. The molecule has 2 aromatic rings. The van der Waals surface area contributed by atoms with E-state index in [0.29, 0.717) is 41.7 Å². The van der Waals surface area contributed by atoms with Crippen molar-refractivity contribution in [3.8, 4) is 11.5 Å². The monoisotopic (exact) mass is 384 g/mol. The zero-order valence-corrected chi connectivity index (χ0v) is 15.6. The third-order valence-corrected chi connectivity index (χ3v) is 4.09. The van der Waals surface area contributed by atoms with Gasteiger partial charge in [-0.25, -0.2) is 4.79 Å². The molecule has 0 saturated carbocycles. The van der Waals surface area contributed by atoms with Gasteiger partial charge in [0.05, 0.1) is 12.7 Å². The van der Waals surface area contributed by atoms with Gasteiger partial charge in [-0.1, -0.05) is 6.07 Å². The van der Waals surface area contributed by atoms with Crippen LogP contribution in [0.4, 0.5) is 11.4 Å². The molecule has 0 spiro atoms. The van der Waals surface area contributed by atoms with Crippen molar-refractivity contribution in [1.82, 2.24) is 0 Å². The predicted octanol–water partition coefficient (Wildman–Crippen LogP) is 2.24. The fourth-order valence-corrected chi connectivity index (χ4v) is 2.77. The Morgan fingerprint density at radius 3 is 2.54 bits per heavy atom. The van der Waals surface area contributed by atoms with Gasteiger partial charge in [0.1, 0.15) is 19.8 Å². The maximum atomic E-state index is 12.5. The highest BCUT2D eigenvalue weighted by molar-refractivity contribution is 6.02. The number of carbonyl (C=O) groups excluding carboxylic acids is 3. The highest BCUT2D eigenvalue weighted by atomic mass is 16.6. The molecule has 1 N–H and O–H groups in total. The first-order chi connectivity index (χ1) is 13.5. The lowest BCUT2D eigenvalue weighted by Crippen LogP contribution is -2.36. The van der Waals surface area contributed by atoms with Gasteiger partial charge in [-0.3, -0.25) is 9.59 Å². The summed E-state index contributed by atoms with van der Waals surface area (Å²) in [5.74, 6) is -0.0799. The van der Waals surface area contributed by atoms with Crippen molar-refractivity contribution < 1.29 is 28.6 Å². The molecule has 1 aliphatic rings. The first-order valence-electron chi connectivity index (χ1n) is 8.64. The summed E-state index contributed by atoms with van der Waals surface area (Å²) in [6.45, 7) is 2.07. The molecule has 0 aromatic heterocycles. The van der Waals surface area contributed by atoms with E-state index in [-0.39, 0.29) is 12.5 Å². The number of benzene rings is 2. The van der Waals surface area contributed by atoms with Crippen LogP contribution in [0, 0.1) is 0 Å². The molecule has 28 heavy (non-hydrogen) atoms. The SMILES string of the molecule is COC(=O)c1cccc(NC(=O)CN(C(C)=O)c2ccc3c(c2)OCCO3)c1. The Morgan fingerprint density at radius 2 is 1.82 bits per heavy atom. The Kier molecular flexibility index (Phi) is 5.78. The zero-order valence-electron chi connectivity index (χ0n) is 15.6. The minimum atomic E-state index is -0.502. The van der Waals surface area contributed by atoms with Gasteiger partial charge >= 0.3 is 5.97 Å². The third kappa shape index (κ3) is 4.40. The molecular weight excluding hydrogens is 364 g/mol. The molecule has 3 rings (SSSR count). The van der Waals surface area contributed by atoms with E-state index in [1.54, 1.807) is 36.4 Å². The summed E-state index contributed by atoms with van der Waals surface area (Å²) in [5.41, 5.74) is 1.27. The summed E-state index contributed by atoms with van der Waals surface area (Å²) in [5, 5.41) is 2.68. The van der Waals surface area contributed by atoms with Crippen LogP contribution in [-0.4, -0.2) is 44.7 Å². The number of methoxy groups -OCH3 is 1. The Balaban J connectivity index is 1.73. The molecule has 1 aliphatic heterocycles. The highest BCUT2D eigenvalue weighted by Gasteiger charge is 2.20. The fourth-order valence-electron chi connectivity index (χ4n) is 2.77. The number of rotatable bonds is 5. The molecule has 0 radical (unpaired) electrons. The number of esters is 1. The molecule has 2 amide bonds. The number of ether oxygens (including phenoxy) is 3. The second-order valence-electron chi connectivity index (χ2n) is 6.05. The zero-order chi connectivity index (χ0) is 20.1. The van der Waals surface area contributed by atoms with Crippen LogP contribution >= 0.6 is 0 Å². The van der Waals surface area contributed by atoms with E-state index in [0.717, 1.165) is 0 Å². The number of carbonyl (C=O) groups is 3. The third-order valence-electron chi connectivity index (χ3n) is 4.09. The van der Waals surface area contributed by atoms with Gasteiger partial charge in [-0.2, -0.15) is 0 Å². The van der Waals surface area contributed by atoms with Crippen molar-refractivity contribution in [3.63, 3.8) is 0 Å². The van der Waals surface area contributed by atoms with E-state index in [2.05, 4.69) is 10.1 Å². The molecule has 1 heterocycles. The van der Waals surface area contributed by atoms with Crippen molar-refractivity contribution in [1.29, 1.82) is 0 Å². The number of amides is 2. The molecule has 146 valence electrons. The Labute approximate surface area is 162 Å². The van der Waals surface area contributed by atoms with Crippen molar-refractivity contribution in [2.75, 3.05) is 37.1 Å². The van der Waals surface area contributed by atoms with Gasteiger partial charge < -0.3 is 24.4 Å². The van der Waals surface area contributed by atoms with Crippen LogP contribution in [0.15, 0.2) is 42.5 Å². The minimum absolute atomic E-state index is 0.197.